The molecule has 0 heterocycles. The zero-order valence-electron chi connectivity index (χ0n) is 14.2. The minimum atomic E-state index is 0.185. The minimum absolute atomic E-state index is 0.185. The highest BCUT2D eigenvalue weighted by Crippen LogP contribution is 2.14. The van der Waals surface area contributed by atoms with Gasteiger partial charge in [0.2, 0.25) is 5.91 Å². The average Bonchev–Trinajstić information content (AvgIpc) is 2.39. The molecule has 0 radical (unpaired) electrons. The number of amides is 1. The van der Waals surface area contributed by atoms with E-state index in [1.54, 1.807) is 0 Å². The maximum atomic E-state index is 12.6. The van der Waals surface area contributed by atoms with E-state index in [4.69, 9.17) is 0 Å². The number of benzene rings is 1. The monoisotopic (exact) mass is 290 g/mol. The number of rotatable bonds is 8. The minimum Gasteiger partial charge on any atom is -0.312 e. The van der Waals surface area contributed by atoms with E-state index < -0.39 is 0 Å². The van der Waals surface area contributed by atoms with Crippen molar-refractivity contribution >= 4 is 11.6 Å². The number of hydrogen-bond donors (Lipinski definition) is 0. The molecule has 0 aromatic heterocycles. The Morgan fingerprint density at radius 3 is 1.95 bits per heavy atom. The lowest BCUT2D eigenvalue weighted by Crippen LogP contribution is -2.43. The Morgan fingerprint density at radius 2 is 1.52 bits per heavy atom. The van der Waals surface area contributed by atoms with E-state index in [2.05, 4.69) is 32.6 Å². The summed E-state index contributed by atoms with van der Waals surface area (Å²) >= 11 is 0. The predicted octanol–water partition coefficient (Wildman–Crippen LogP) is 3.65. The molecule has 0 spiro atoms. The van der Waals surface area contributed by atoms with Crippen molar-refractivity contribution in [2.24, 2.45) is 11.8 Å². The largest absolute Gasteiger partial charge is 0.312 e. The van der Waals surface area contributed by atoms with Gasteiger partial charge in [0.05, 0.1) is 6.54 Å². The number of para-hydroxylation sites is 1. The summed E-state index contributed by atoms with van der Waals surface area (Å²) in [5, 5.41) is 0. The van der Waals surface area contributed by atoms with Crippen molar-refractivity contribution in [3.05, 3.63) is 30.3 Å². The first kappa shape index (κ1) is 17.7. The van der Waals surface area contributed by atoms with Gasteiger partial charge in [0, 0.05) is 25.3 Å². The highest BCUT2D eigenvalue weighted by molar-refractivity contribution is 5.94. The third kappa shape index (κ3) is 6.30. The first-order valence-electron chi connectivity index (χ1n) is 8.01. The highest BCUT2D eigenvalue weighted by Gasteiger charge is 2.18. The molecule has 0 unspecified atom stereocenters. The van der Waals surface area contributed by atoms with Gasteiger partial charge in [-0.25, -0.2) is 0 Å². The van der Waals surface area contributed by atoms with Gasteiger partial charge in [-0.2, -0.15) is 0 Å². The Kier molecular flexibility index (Phi) is 7.44. The van der Waals surface area contributed by atoms with Crippen LogP contribution in [0.5, 0.6) is 0 Å². The topological polar surface area (TPSA) is 23.6 Å². The lowest BCUT2D eigenvalue weighted by atomic mass is 10.1. The molecular formula is C18H30N2O. The fraction of sp³-hybridized carbons (Fsp3) is 0.611. The molecule has 0 atom stereocenters. The molecule has 0 saturated carbocycles. The predicted molar refractivity (Wildman–Crippen MR) is 90.6 cm³/mol. The van der Waals surface area contributed by atoms with E-state index in [9.17, 15) is 4.79 Å². The summed E-state index contributed by atoms with van der Waals surface area (Å²) in [5.41, 5.74) is 0.985. The van der Waals surface area contributed by atoms with Gasteiger partial charge in [0.1, 0.15) is 0 Å². The van der Waals surface area contributed by atoms with Crippen LogP contribution in [0.25, 0.3) is 0 Å². The second-order valence-electron chi connectivity index (χ2n) is 6.46. The summed E-state index contributed by atoms with van der Waals surface area (Å²) in [5.74, 6) is 1.33. The molecule has 0 bridgehead atoms. The maximum absolute atomic E-state index is 12.6. The van der Waals surface area contributed by atoms with Gasteiger partial charge in [-0.3, -0.25) is 9.69 Å². The molecule has 118 valence electrons. The molecule has 0 aliphatic heterocycles. The maximum Gasteiger partial charge on any atom is 0.241 e. The van der Waals surface area contributed by atoms with Crippen LogP contribution in [0, 0.1) is 11.8 Å². The fourth-order valence-corrected chi connectivity index (χ4v) is 2.62. The lowest BCUT2D eigenvalue weighted by Gasteiger charge is -2.29. The molecule has 21 heavy (non-hydrogen) atoms. The van der Waals surface area contributed by atoms with Crippen molar-refractivity contribution in [2.75, 3.05) is 31.1 Å². The Labute approximate surface area is 129 Å². The van der Waals surface area contributed by atoms with Crippen LogP contribution in [-0.4, -0.2) is 37.0 Å². The molecular weight excluding hydrogens is 260 g/mol. The second-order valence-corrected chi connectivity index (χ2v) is 6.46. The van der Waals surface area contributed by atoms with Gasteiger partial charge in [0.15, 0.2) is 0 Å². The van der Waals surface area contributed by atoms with Crippen LogP contribution in [0.2, 0.25) is 0 Å². The molecule has 0 saturated heterocycles. The van der Waals surface area contributed by atoms with Crippen molar-refractivity contribution in [1.82, 2.24) is 4.90 Å². The Morgan fingerprint density at radius 1 is 1.00 bits per heavy atom. The van der Waals surface area contributed by atoms with E-state index in [-0.39, 0.29) is 5.91 Å². The molecule has 3 nitrogen and oxygen atoms in total. The van der Waals surface area contributed by atoms with Crippen molar-refractivity contribution in [2.45, 2.75) is 34.6 Å². The van der Waals surface area contributed by atoms with Gasteiger partial charge in [-0.05, 0) is 30.9 Å². The fourth-order valence-electron chi connectivity index (χ4n) is 2.62. The third-order valence-corrected chi connectivity index (χ3v) is 3.29. The standard InChI is InChI=1S/C18H30N2O/c1-6-20(17-10-8-7-9-11-17)18(21)14-19(12-15(2)3)13-16(4)5/h7-11,15-16H,6,12-14H2,1-5H3. The van der Waals surface area contributed by atoms with Crippen LogP contribution < -0.4 is 4.90 Å². The van der Waals surface area contributed by atoms with Crippen molar-refractivity contribution in [3.63, 3.8) is 0 Å². The van der Waals surface area contributed by atoms with Gasteiger partial charge in [-0.15, -0.1) is 0 Å². The van der Waals surface area contributed by atoms with Gasteiger partial charge in [-0.1, -0.05) is 45.9 Å². The average molecular weight is 290 g/mol. The number of likely N-dealkylation sites (N-methyl/N-ethyl adjacent to an activating group) is 1. The van der Waals surface area contributed by atoms with Gasteiger partial charge >= 0.3 is 0 Å². The molecule has 1 aromatic rings. The normalized spacial score (nSPS) is 11.4. The van der Waals surface area contributed by atoms with Gasteiger partial charge < -0.3 is 4.90 Å². The Balaban J connectivity index is 2.74. The molecule has 1 rings (SSSR count). The summed E-state index contributed by atoms with van der Waals surface area (Å²) in [6.45, 7) is 14.0. The van der Waals surface area contributed by atoms with Crippen LogP contribution >= 0.6 is 0 Å². The summed E-state index contributed by atoms with van der Waals surface area (Å²) in [4.78, 5) is 16.8. The Bertz CT molecular complexity index is 404. The Hall–Kier alpha value is -1.35. The first-order valence-corrected chi connectivity index (χ1v) is 8.01. The van der Waals surface area contributed by atoms with E-state index >= 15 is 0 Å². The van der Waals surface area contributed by atoms with E-state index in [1.165, 1.54) is 0 Å². The van der Waals surface area contributed by atoms with Crippen molar-refractivity contribution in [3.8, 4) is 0 Å². The van der Waals surface area contributed by atoms with E-state index in [0.29, 0.717) is 24.9 Å². The second kappa shape index (κ2) is 8.83. The zero-order valence-corrected chi connectivity index (χ0v) is 14.2. The van der Waals surface area contributed by atoms with Crippen LogP contribution in [0.3, 0.4) is 0 Å². The molecule has 0 fully saturated rings. The number of anilines is 1. The third-order valence-electron chi connectivity index (χ3n) is 3.29. The first-order chi connectivity index (χ1) is 9.93. The SMILES string of the molecule is CCN(C(=O)CN(CC(C)C)CC(C)C)c1ccccc1. The molecule has 1 amide bonds. The summed E-state index contributed by atoms with van der Waals surface area (Å²) in [6, 6.07) is 9.93. The molecule has 0 aliphatic rings. The number of carbonyl (C=O) groups is 1. The molecule has 3 heteroatoms. The summed E-state index contributed by atoms with van der Waals surface area (Å²) < 4.78 is 0. The van der Waals surface area contributed by atoms with Crippen LogP contribution in [0.15, 0.2) is 30.3 Å². The lowest BCUT2D eigenvalue weighted by molar-refractivity contribution is -0.119. The molecule has 1 aromatic carbocycles. The van der Waals surface area contributed by atoms with Crippen molar-refractivity contribution < 1.29 is 4.79 Å². The highest BCUT2D eigenvalue weighted by atomic mass is 16.2. The van der Waals surface area contributed by atoms with Crippen molar-refractivity contribution in [1.29, 1.82) is 0 Å². The zero-order chi connectivity index (χ0) is 15.8. The van der Waals surface area contributed by atoms with E-state index in [1.807, 2.05) is 42.2 Å². The van der Waals surface area contributed by atoms with Crippen LogP contribution in [0.4, 0.5) is 5.69 Å². The summed E-state index contributed by atoms with van der Waals surface area (Å²) in [7, 11) is 0. The van der Waals surface area contributed by atoms with Gasteiger partial charge in [0.25, 0.3) is 0 Å². The quantitative estimate of drug-likeness (QED) is 0.729. The number of hydrogen-bond acceptors (Lipinski definition) is 2. The number of nitrogens with zero attached hydrogens (tertiary/aromatic N) is 2. The van der Waals surface area contributed by atoms with E-state index in [0.717, 1.165) is 18.8 Å². The van der Waals surface area contributed by atoms with Crippen LogP contribution in [-0.2, 0) is 4.79 Å². The molecule has 0 N–H and O–H groups in total. The smallest absolute Gasteiger partial charge is 0.241 e. The van der Waals surface area contributed by atoms with Crippen LogP contribution in [0.1, 0.15) is 34.6 Å². The number of carbonyl (C=O) groups excluding carboxylic acids is 1. The summed E-state index contributed by atoms with van der Waals surface area (Å²) in [6.07, 6.45) is 0. The molecule has 0 aliphatic carbocycles.